The summed E-state index contributed by atoms with van der Waals surface area (Å²) in [4.78, 5) is 17.0. The third-order valence-corrected chi connectivity index (χ3v) is 6.57. The SMILES string of the molecule is Cc1c(NC(=S)NC(=O)/C=C/c2ccc(-c3ccc(Cl)cc3)o2)cccc1-c1nc2cc(Cl)cc(Cl)c2o1. The maximum Gasteiger partial charge on any atom is 0.250 e. The van der Waals surface area contributed by atoms with Gasteiger partial charge < -0.3 is 14.2 Å². The fraction of sp³-hybridized carbons (Fsp3) is 0.0357. The van der Waals surface area contributed by atoms with E-state index in [1.54, 1.807) is 36.4 Å². The zero-order chi connectivity index (χ0) is 26.8. The number of rotatable bonds is 5. The number of nitrogens with one attached hydrogen (secondary N) is 2. The Kier molecular flexibility index (Phi) is 7.53. The lowest BCUT2D eigenvalue weighted by molar-refractivity contribution is -0.115. The number of carbonyl (C=O) groups is 1. The maximum absolute atomic E-state index is 12.4. The fourth-order valence-corrected chi connectivity index (χ4v) is 4.61. The van der Waals surface area contributed by atoms with Crippen molar-refractivity contribution in [1.82, 2.24) is 10.3 Å². The van der Waals surface area contributed by atoms with E-state index in [0.29, 0.717) is 49.3 Å². The molecule has 0 saturated heterocycles. The number of halogens is 3. The Labute approximate surface area is 238 Å². The van der Waals surface area contributed by atoms with E-state index in [4.69, 9.17) is 55.9 Å². The van der Waals surface area contributed by atoms with Gasteiger partial charge in [0, 0.05) is 32.9 Å². The van der Waals surface area contributed by atoms with Crippen molar-refractivity contribution in [1.29, 1.82) is 0 Å². The molecular weight excluding hydrogens is 565 g/mol. The van der Waals surface area contributed by atoms with Gasteiger partial charge in [-0.15, -0.1) is 0 Å². The zero-order valence-electron chi connectivity index (χ0n) is 19.7. The predicted molar refractivity (Wildman–Crippen MR) is 157 cm³/mol. The smallest absolute Gasteiger partial charge is 0.250 e. The van der Waals surface area contributed by atoms with Crippen LogP contribution in [-0.2, 0) is 4.79 Å². The summed E-state index contributed by atoms with van der Waals surface area (Å²) in [6, 6.07) is 19.7. The average Bonchev–Trinajstić information content (AvgIpc) is 3.52. The van der Waals surface area contributed by atoms with Crippen LogP contribution in [0.25, 0.3) is 40.0 Å². The first-order chi connectivity index (χ1) is 18.3. The molecule has 38 heavy (non-hydrogen) atoms. The maximum atomic E-state index is 12.4. The van der Waals surface area contributed by atoms with Crippen LogP contribution in [0.3, 0.4) is 0 Å². The number of hydrogen-bond acceptors (Lipinski definition) is 5. The first-order valence-electron chi connectivity index (χ1n) is 11.3. The van der Waals surface area contributed by atoms with Crippen LogP contribution in [0, 0.1) is 6.92 Å². The Bertz CT molecular complexity index is 1710. The lowest BCUT2D eigenvalue weighted by Gasteiger charge is -2.12. The molecule has 2 N–H and O–H groups in total. The monoisotopic (exact) mass is 581 g/mol. The van der Waals surface area contributed by atoms with Gasteiger partial charge in [0.15, 0.2) is 10.7 Å². The molecule has 0 aliphatic heterocycles. The first kappa shape index (κ1) is 26.0. The highest BCUT2D eigenvalue weighted by Gasteiger charge is 2.16. The molecular formula is C28H18Cl3N3O3S. The van der Waals surface area contributed by atoms with Gasteiger partial charge in [0.2, 0.25) is 11.8 Å². The minimum absolute atomic E-state index is 0.133. The second-order valence-corrected chi connectivity index (χ2v) is 9.91. The number of fused-ring (bicyclic) bond motifs is 1. The van der Waals surface area contributed by atoms with Gasteiger partial charge in [-0.1, -0.05) is 40.9 Å². The number of carbonyl (C=O) groups excluding carboxylic acids is 1. The predicted octanol–water partition coefficient (Wildman–Crippen LogP) is 8.55. The van der Waals surface area contributed by atoms with Crippen molar-refractivity contribution >= 4 is 80.9 Å². The van der Waals surface area contributed by atoms with Crippen LogP contribution in [0.1, 0.15) is 11.3 Å². The quantitative estimate of drug-likeness (QED) is 0.160. The molecule has 0 unspecified atom stereocenters. The molecule has 0 saturated carbocycles. The van der Waals surface area contributed by atoms with Gasteiger partial charge in [0.25, 0.3) is 0 Å². The van der Waals surface area contributed by atoms with E-state index < -0.39 is 5.91 Å². The van der Waals surface area contributed by atoms with Crippen molar-refractivity contribution in [3.05, 3.63) is 99.2 Å². The number of benzene rings is 3. The Morgan fingerprint density at radius 3 is 2.55 bits per heavy atom. The minimum Gasteiger partial charge on any atom is -0.457 e. The third kappa shape index (κ3) is 5.76. The van der Waals surface area contributed by atoms with Crippen molar-refractivity contribution in [2.24, 2.45) is 0 Å². The van der Waals surface area contributed by atoms with Crippen LogP contribution in [0.5, 0.6) is 0 Å². The van der Waals surface area contributed by atoms with Crippen LogP contribution >= 0.6 is 47.0 Å². The molecule has 1 amide bonds. The van der Waals surface area contributed by atoms with Crippen LogP contribution in [0.4, 0.5) is 5.69 Å². The topological polar surface area (TPSA) is 80.3 Å². The van der Waals surface area contributed by atoms with Gasteiger partial charge in [-0.2, -0.15) is 0 Å². The summed E-state index contributed by atoms with van der Waals surface area (Å²) in [7, 11) is 0. The zero-order valence-corrected chi connectivity index (χ0v) is 22.8. The van der Waals surface area contributed by atoms with E-state index in [-0.39, 0.29) is 5.11 Å². The highest BCUT2D eigenvalue weighted by atomic mass is 35.5. The van der Waals surface area contributed by atoms with Crippen LogP contribution in [-0.4, -0.2) is 16.0 Å². The highest BCUT2D eigenvalue weighted by Crippen LogP contribution is 2.34. The van der Waals surface area contributed by atoms with E-state index in [1.165, 1.54) is 6.08 Å². The van der Waals surface area contributed by atoms with E-state index >= 15 is 0 Å². The molecule has 10 heteroatoms. The van der Waals surface area contributed by atoms with Gasteiger partial charge >= 0.3 is 0 Å². The molecule has 3 aromatic carbocycles. The molecule has 5 aromatic rings. The molecule has 5 rings (SSSR count). The van der Waals surface area contributed by atoms with Crippen molar-refractivity contribution in [3.63, 3.8) is 0 Å². The van der Waals surface area contributed by atoms with Gasteiger partial charge in [-0.3, -0.25) is 10.1 Å². The highest BCUT2D eigenvalue weighted by molar-refractivity contribution is 7.80. The van der Waals surface area contributed by atoms with Crippen LogP contribution in [0.15, 0.2) is 81.6 Å². The average molecular weight is 583 g/mol. The molecule has 2 heterocycles. The summed E-state index contributed by atoms with van der Waals surface area (Å²) in [6.45, 7) is 1.89. The van der Waals surface area contributed by atoms with Gasteiger partial charge in [0.05, 0.1) is 5.02 Å². The van der Waals surface area contributed by atoms with Crippen LogP contribution < -0.4 is 10.6 Å². The summed E-state index contributed by atoms with van der Waals surface area (Å²) in [5.74, 6) is 1.16. The summed E-state index contributed by atoms with van der Waals surface area (Å²) in [6.07, 6.45) is 2.91. The summed E-state index contributed by atoms with van der Waals surface area (Å²) >= 11 is 23.6. The summed E-state index contributed by atoms with van der Waals surface area (Å²) in [5.41, 5.74) is 4.13. The number of amides is 1. The number of oxazole rings is 1. The molecule has 0 radical (unpaired) electrons. The Balaban J connectivity index is 1.25. The Morgan fingerprint density at radius 1 is 0.974 bits per heavy atom. The molecule has 2 aromatic heterocycles. The molecule has 0 aliphatic carbocycles. The summed E-state index contributed by atoms with van der Waals surface area (Å²) in [5, 5.41) is 7.31. The first-order valence-corrected chi connectivity index (χ1v) is 12.8. The lowest BCUT2D eigenvalue weighted by atomic mass is 10.1. The van der Waals surface area contributed by atoms with Gasteiger partial charge in [0.1, 0.15) is 17.0 Å². The molecule has 0 aliphatic rings. The number of furan rings is 1. The van der Waals surface area contributed by atoms with E-state index in [0.717, 1.165) is 16.7 Å². The lowest BCUT2D eigenvalue weighted by Crippen LogP contribution is -2.33. The second-order valence-electron chi connectivity index (χ2n) is 8.22. The Morgan fingerprint density at radius 2 is 1.76 bits per heavy atom. The second kappa shape index (κ2) is 11.0. The minimum atomic E-state index is -0.411. The number of nitrogens with zero attached hydrogens (tertiary/aromatic N) is 1. The number of aromatic nitrogens is 1. The number of thiocarbonyl (C=S) groups is 1. The third-order valence-electron chi connectivity index (χ3n) is 5.61. The standard InChI is InChI=1S/C28H18Cl3N3O3S/c1-15-20(27-32-23-14-18(30)13-21(31)26(23)37-27)3-2-4-22(15)33-28(38)34-25(35)12-10-19-9-11-24(36-19)16-5-7-17(29)8-6-16/h2-14H,1H3,(H2,33,34,35,38)/b12-10+. The largest absolute Gasteiger partial charge is 0.457 e. The number of anilines is 1. The van der Waals surface area contributed by atoms with Crippen molar-refractivity contribution < 1.29 is 13.6 Å². The molecule has 0 spiro atoms. The van der Waals surface area contributed by atoms with E-state index in [9.17, 15) is 4.79 Å². The van der Waals surface area contributed by atoms with E-state index in [2.05, 4.69) is 15.6 Å². The van der Waals surface area contributed by atoms with E-state index in [1.807, 2.05) is 43.3 Å². The fourth-order valence-electron chi connectivity index (χ4n) is 3.75. The molecule has 0 bridgehead atoms. The summed E-state index contributed by atoms with van der Waals surface area (Å²) < 4.78 is 11.7. The molecule has 190 valence electrons. The molecule has 0 atom stereocenters. The normalized spacial score (nSPS) is 11.3. The van der Waals surface area contributed by atoms with Crippen LogP contribution in [0.2, 0.25) is 15.1 Å². The van der Waals surface area contributed by atoms with Crippen molar-refractivity contribution in [3.8, 4) is 22.8 Å². The molecule has 6 nitrogen and oxygen atoms in total. The van der Waals surface area contributed by atoms with Gasteiger partial charge in [-0.25, -0.2) is 4.98 Å². The molecule has 0 fully saturated rings. The Hall–Kier alpha value is -3.62. The van der Waals surface area contributed by atoms with Crippen molar-refractivity contribution in [2.75, 3.05) is 5.32 Å². The van der Waals surface area contributed by atoms with Crippen molar-refractivity contribution in [2.45, 2.75) is 6.92 Å². The van der Waals surface area contributed by atoms with Gasteiger partial charge in [-0.05, 0) is 91.4 Å². The number of hydrogen-bond donors (Lipinski definition) is 2.